The summed E-state index contributed by atoms with van der Waals surface area (Å²) >= 11 is 1.67. The molecule has 118 valence electrons. The van der Waals surface area contributed by atoms with Crippen LogP contribution in [0.5, 0.6) is 5.75 Å². The van der Waals surface area contributed by atoms with Crippen LogP contribution in [0.3, 0.4) is 0 Å². The number of nitrogens with zero attached hydrogens (tertiary/aromatic N) is 2. The second-order valence-electron chi connectivity index (χ2n) is 5.47. The maximum Gasteiger partial charge on any atom is 0.387 e. The first-order chi connectivity index (χ1) is 11.1. The topological polar surface area (TPSA) is 27.1 Å². The summed E-state index contributed by atoms with van der Waals surface area (Å²) in [5.41, 5.74) is 3.86. The Hall–Kier alpha value is -2.08. The summed E-state index contributed by atoms with van der Waals surface area (Å²) in [4.78, 5) is 4.65. The van der Waals surface area contributed by atoms with Gasteiger partial charge in [0, 0.05) is 5.56 Å². The van der Waals surface area contributed by atoms with Crippen molar-refractivity contribution in [3.63, 3.8) is 0 Å². The van der Waals surface area contributed by atoms with Crippen molar-refractivity contribution in [2.75, 3.05) is 0 Å². The SMILES string of the molecule is Cc1ccc2nc3n(c2c1)[C@H](c1ccccc1OC(F)F)SC3. The standard InChI is InChI=1S/C17H14F2N2OS/c1-10-6-7-12-13(8-10)21-15(20-12)9-23-16(21)11-4-2-3-5-14(11)22-17(18)19/h2-8,16-17H,9H2,1H3/t16-/m0/s1. The molecule has 0 radical (unpaired) electrons. The number of imidazole rings is 1. The number of ether oxygens (including phenoxy) is 1. The highest BCUT2D eigenvalue weighted by atomic mass is 32.2. The van der Waals surface area contributed by atoms with Gasteiger partial charge in [-0.1, -0.05) is 24.3 Å². The van der Waals surface area contributed by atoms with Gasteiger partial charge in [0.2, 0.25) is 0 Å². The fourth-order valence-electron chi connectivity index (χ4n) is 2.96. The van der Waals surface area contributed by atoms with E-state index in [1.54, 1.807) is 23.9 Å². The molecule has 0 amide bonds. The molecular weight excluding hydrogens is 318 g/mol. The number of alkyl halides is 2. The molecule has 1 aliphatic heterocycles. The Balaban J connectivity index is 1.85. The van der Waals surface area contributed by atoms with E-state index in [-0.39, 0.29) is 11.1 Å². The van der Waals surface area contributed by atoms with Gasteiger partial charge in [-0.25, -0.2) is 4.98 Å². The summed E-state index contributed by atoms with van der Waals surface area (Å²) in [6, 6.07) is 13.1. The average Bonchev–Trinajstić information content (AvgIpc) is 3.06. The third kappa shape index (κ3) is 2.47. The van der Waals surface area contributed by atoms with Crippen LogP contribution in [0.4, 0.5) is 8.78 Å². The molecule has 2 aromatic carbocycles. The second kappa shape index (κ2) is 5.53. The first-order valence-corrected chi connectivity index (χ1v) is 8.31. The number of aryl methyl sites for hydroxylation is 1. The first kappa shape index (κ1) is 14.5. The second-order valence-corrected chi connectivity index (χ2v) is 6.54. The largest absolute Gasteiger partial charge is 0.434 e. The van der Waals surface area contributed by atoms with Gasteiger partial charge in [-0.15, -0.1) is 11.8 Å². The first-order valence-electron chi connectivity index (χ1n) is 7.26. The highest BCUT2D eigenvalue weighted by Gasteiger charge is 2.30. The van der Waals surface area contributed by atoms with Crippen molar-refractivity contribution in [3.8, 4) is 5.75 Å². The lowest BCUT2D eigenvalue weighted by Gasteiger charge is -2.18. The molecule has 1 atom stereocenters. The highest BCUT2D eigenvalue weighted by Crippen LogP contribution is 2.45. The molecule has 0 bridgehead atoms. The molecule has 0 saturated carbocycles. The molecule has 3 aromatic rings. The summed E-state index contributed by atoms with van der Waals surface area (Å²) in [6.07, 6.45) is 0. The molecule has 6 heteroatoms. The van der Waals surface area contributed by atoms with Crippen LogP contribution in [0.1, 0.15) is 22.3 Å². The Morgan fingerprint density at radius 3 is 2.91 bits per heavy atom. The Morgan fingerprint density at radius 2 is 2.09 bits per heavy atom. The number of halogens is 2. The van der Waals surface area contributed by atoms with E-state index in [1.807, 2.05) is 31.2 Å². The van der Waals surface area contributed by atoms with Crippen molar-refractivity contribution in [1.82, 2.24) is 9.55 Å². The fourth-order valence-corrected chi connectivity index (χ4v) is 4.23. The third-order valence-electron chi connectivity index (χ3n) is 3.92. The number of hydrogen-bond donors (Lipinski definition) is 0. The molecule has 0 N–H and O–H groups in total. The molecule has 1 aromatic heterocycles. The smallest absolute Gasteiger partial charge is 0.387 e. The lowest BCUT2D eigenvalue weighted by Crippen LogP contribution is -2.09. The summed E-state index contributed by atoms with van der Waals surface area (Å²) in [5.74, 6) is 1.94. The number of fused-ring (bicyclic) bond motifs is 3. The Morgan fingerprint density at radius 1 is 1.26 bits per heavy atom. The number of para-hydroxylation sites is 1. The molecule has 2 heterocycles. The van der Waals surface area contributed by atoms with E-state index in [4.69, 9.17) is 4.74 Å². The molecule has 0 aliphatic carbocycles. The van der Waals surface area contributed by atoms with Crippen molar-refractivity contribution in [3.05, 3.63) is 59.4 Å². The van der Waals surface area contributed by atoms with Crippen molar-refractivity contribution >= 4 is 22.8 Å². The van der Waals surface area contributed by atoms with E-state index in [9.17, 15) is 8.78 Å². The molecule has 4 rings (SSSR count). The quantitative estimate of drug-likeness (QED) is 0.693. The third-order valence-corrected chi connectivity index (χ3v) is 5.13. The van der Waals surface area contributed by atoms with Crippen LogP contribution in [0.15, 0.2) is 42.5 Å². The van der Waals surface area contributed by atoms with E-state index >= 15 is 0 Å². The normalized spacial score (nSPS) is 17.0. The van der Waals surface area contributed by atoms with Crippen LogP contribution in [0.2, 0.25) is 0 Å². The Kier molecular flexibility index (Phi) is 3.49. The summed E-state index contributed by atoms with van der Waals surface area (Å²) in [7, 11) is 0. The zero-order valence-electron chi connectivity index (χ0n) is 12.4. The average molecular weight is 332 g/mol. The maximum absolute atomic E-state index is 12.7. The van der Waals surface area contributed by atoms with E-state index in [1.165, 1.54) is 0 Å². The van der Waals surface area contributed by atoms with Gasteiger partial charge >= 0.3 is 6.61 Å². The molecule has 0 spiro atoms. The summed E-state index contributed by atoms with van der Waals surface area (Å²) in [5, 5.41) is -0.105. The minimum Gasteiger partial charge on any atom is -0.434 e. The molecule has 0 saturated heterocycles. The predicted molar refractivity (Wildman–Crippen MR) is 87.0 cm³/mol. The molecule has 23 heavy (non-hydrogen) atoms. The van der Waals surface area contributed by atoms with Crippen LogP contribution in [-0.2, 0) is 5.75 Å². The van der Waals surface area contributed by atoms with Gasteiger partial charge in [0.25, 0.3) is 0 Å². The highest BCUT2D eigenvalue weighted by molar-refractivity contribution is 7.99. The Labute approximate surface area is 136 Å². The fraction of sp³-hybridized carbons (Fsp3) is 0.235. The van der Waals surface area contributed by atoms with Gasteiger partial charge in [0.1, 0.15) is 16.9 Å². The molecule has 3 nitrogen and oxygen atoms in total. The van der Waals surface area contributed by atoms with Crippen LogP contribution in [0, 0.1) is 6.92 Å². The predicted octanol–water partition coefficient (Wildman–Crippen LogP) is 4.74. The van der Waals surface area contributed by atoms with Crippen LogP contribution < -0.4 is 4.74 Å². The summed E-state index contributed by atoms with van der Waals surface area (Å²) < 4.78 is 32.2. The molecule has 0 fully saturated rings. The van der Waals surface area contributed by atoms with E-state index < -0.39 is 6.61 Å². The maximum atomic E-state index is 12.7. The minimum atomic E-state index is -2.83. The van der Waals surface area contributed by atoms with Gasteiger partial charge < -0.3 is 9.30 Å². The monoisotopic (exact) mass is 332 g/mol. The number of hydrogen-bond acceptors (Lipinski definition) is 3. The minimum absolute atomic E-state index is 0.105. The van der Waals surface area contributed by atoms with Crippen LogP contribution in [-0.4, -0.2) is 16.2 Å². The molecule has 0 unspecified atom stereocenters. The van der Waals surface area contributed by atoms with E-state index in [0.717, 1.165) is 33.7 Å². The Bertz CT molecular complexity index is 878. The van der Waals surface area contributed by atoms with Gasteiger partial charge in [-0.3, -0.25) is 0 Å². The van der Waals surface area contributed by atoms with Gasteiger partial charge in [0.05, 0.1) is 16.8 Å². The van der Waals surface area contributed by atoms with Gasteiger partial charge in [0.15, 0.2) is 0 Å². The molecule has 1 aliphatic rings. The number of rotatable bonds is 3. The lowest BCUT2D eigenvalue weighted by molar-refractivity contribution is -0.0504. The van der Waals surface area contributed by atoms with Crippen molar-refractivity contribution < 1.29 is 13.5 Å². The zero-order valence-corrected chi connectivity index (χ0v) is 13.2. The van der Waals surface area contributed by atoms with Crippen molar-refractivity contribution in [2.45, 2.75) is 24.7 Å². The van der Waals surface area contributed by atoms with Gasteiger partial charge in [-0.05, 0) is 30.7 Å². The zero-order chi connectivity index (χ0) is 16.0. The lowest BCUT2D eigenvalue weighted by atomic mass is 10.2. The van der Waals surface area contributed by atoms with Crippen molar-refractivity contribution in [1.29, 1.82) is 0 Å². The van der Waals surface area contributed by atoms with Crippen molar-refractivity contribution in [2.24, 2.45) is 0 Å². The van der Waals surface area contributed by atoms with Crippen LogP contribution >= 0.6 is 11.8 Å². The van der Waals surface area contributed by atoms with Gasteiger partial charge in [-0.2, -0.15) is 8.78 Å². The molecular formula is C17H14F2N2OS. The van der Waals surface area contributed by atoms with Crippen LogP contribution in [0.25, 0.3) is 11.0 Å². The summed E-state index contributed by atoms with van der Waals surface area (Å²) in [6.45, 7) is -0.798. The number of thioether (sulfide) groups is 1. The number of benzene rings is 2. The van der Waals surface area contributed by atoms with E-state index in [0.29, 0.717) is 0 Å². The number of aromatic nitrogens is 2. The van der Waals surface area contributed by atoms with E-state index in [2.05, 4.69) is 15.6 Å².